The fraction of sp³-hybridized carbons (Fsp3) is 0.579. The van der Waals surface area contributed by atoms with Gasteiger partial charge in [0, 0.05) is 0 Å². The van der Waals surface area contributed by atoms with Crippen molar-refractivity contribution in [3.05, 3.63) is 41.0 Å². The molecule has 0 N–H and O–H groups in total. The van der Waals surface area contributed by atoms with Gasteiger partial charge in [0.25, 0.3) is 0 Å². The standard InChI is InChI=1S/C19H28/c1-4-6-9-16(5-2)13-19-14-18-11-8-7-10-17(18)12-15(19)3/h7-8,10-12,16,19H,4-6,9,13-14H2,1-3H3. The van der Waals surface area contributed by atoms with Crippen LogP contribution in [0.15, 0.2) is 29.8 Å². The van der Waals surface area contributed by atoms with Crippen molar-refractivity contribution in [2.24, 2.45) is 11.8 Å². The molecule has 19 heavy (non-hydrogen) atoms. The minimum atomic E-state index is 0.775. The molecule has 0 heteroatoms. The Bertz CT molecular complexity index is 427. The summed E-state index contributed by atoms with van der Waals surface area (Å²) in [6.45, 7) is 6.98. The van der Waals surface area contributed by atoms with Crippen molar-refractivity contribution in [3.8, 4) is 0 Å². The third-order valence-corrected chi connectivity index (χ3v) is 4.71. The molecule has 0 aromatic heterocycles. The highest BCUT2D eigenvalue weighted by Crippen LogP contribution is 2.34. The Kier molecular flexibility index (Phi) is 5.24. The van der Waals surface area contributed by atoms with Crippen LogP contribution in [-0.4, -0.2) is 0 Å². The molecular formula is C19H28. The van der Waals surface area contributed by atoms with Crippen molar-refractivity contribution in [3.63, 3.8) is 0 Å². The van der Waals surface area contributed by atoms with E-state index >= 15 is 0 Å². The maximum absolute atomic E-state index is 2.41. The number of rotatable bonds is 6. The highest BCUT2D eigenvalue weighted by molar-refractivity contribution is 5.59. The van der Waals surface area contributed by atoms with Crippen LogP contribution >= 0.6 is 0 Å². The van der Waals surface area contributed by atoms with E-state index in [2.05, 4.69) is 51.1 Å². The number of unbranched alkanes of at least 4 members (excludes halogenated alkanes) is 1. The molecule has 0 bridgehead atoms. The summed E-state index contributed by atoms with van der Waals surface area (Å²) in [6.07, 6.45) is 10.5. The third-order valence-electron chi connectivity index (χ3n) is 4.71. The first-order chi connectivity index (χ1) is 9.24. The Balaban J connectivity index is 2.03. The lowest BCUT2D eigenvalue weighted by atomic mass is 9.78. The average molecular weight is 256 g/mol. The van der Waals surface area contributed by atoms with Gasteiger partial charge in [0.2, 0.25) is 0 Å². The van der Waals surface area contributed by atoms with Crippen LogP contribution in [0.3, 0.4) is 0 Å². The molecular weight excluding hydrogens is 228 g/mol. The molecule has 0 aliphatic heterocycles. The first-order valence-electron chi connectivity index (χ1n) is 8.00. The van der Waals surface area contributed by atoms with E-state index < -0.39 is 0 Å². The van der Waals surface area contributed by atoms with Gasteiger partial charge < -0.3 is 0 Å². The zero-order valence-electron chi connectivity index (χ0n) is 12.8. The van der Waals surface area contributed by atoms with Gasteiger partial charge in [-0.05, 0) is 42.7 Å². The van der Waals surface area contributed by atoms with Crippen molar-refractivity contribution in [1.29, 1.82) is 0 Å². The highest BCUT2D eigenvalue weighted by atomic mass is 14.3. The van der Waals surface area contributed by atoms with E-state index in [4.69, 9.17) is 0 Å². The van der Waals surface area contributed by atoms with Gasteiger partial charge in [-0.1, -0.05) is 75.4 Å². The van der Waals surface area contributed by atoms with Crippen molar-refractivity contribution in [2.45, 2.75) is 59.3 Å². The molecule has 0 radical (unpaired) electrons. The molecule has 1 aromatic carbocycles. The zero-order valence-corrected chi connectivity index (χ0v) is 12.8. The topological polar surface area (TPSA) is 0 Å². The largest absolute Gasteiger partial charge is 0.0693 e. The first-order valence-corrected chi connectivity index (χ1v) is 8.00. The van der Waals surface area contributed by atoms with E-state index in [0.717, 1.165) is 11.8 Å². The maximum Gasteiger partial charge on any atom is -0.0159 e. The van der Waals surface area contributed by atoms with Crippen molar-refractivity contribution >= 4 is 6.08 Å². The molecule has 2 rings (SSSR count). The molecule has 1 aliphatic rings. The van der Waals surface area contributed by atoms with Crippen LogP contribution in [0.2, 0.25) is 0 Å². The second-order valence-electron chi connectivity index (χ2n) is 6.14. The van der Waals surface area contributed by atoms with Gasteiger partial charge in [-0.25, -0.2) is 0 Å². The van der Waals surface area contributed by atoms with Crippen LogP contribution in [0.25, 0.3) is 6.08 Å². The van der Waals surface area contributed by atoms with Crippen LogP contribution < -0.4 is 0 Å². The summed E-state index contributed by atoms with van der Waals surface area (Å²) < 4.78 is 0. The van der Waals surface area contributed by atoms with Crippen LogP contribution in [0.5, 0.6) is 0 Å². The van der Waals surface area contributed by atoms with Gasteiger partial charge >= 0.3 is 0 Å². The number of benzene rings is 1. The Labute approximate surface area is 118 Å². The molecule has 0 nitrogen and oxygen atoms in total. The van der Waals surface area contributed by atoms with Crippen LogP contribution in [0.1, 0.15) is 64.0 Å². The zero-order chi connectivity index (χ0) is 13.7. The summed E-state index contributed by atoms with van der Waals surface area (Å²) in [7, 11) is 0. The van der Waals surface area contributed by atoms with E-state index in [1.54, 1.807) is 11.1 Å². The van der Waals surface area contributed by atoms with Crippen LogP contribution in [-0.2, 0) is 6.42 Å². The fourth-order valence-electron chi connectivity index (χ4n) is 3.30. The predicted molar refractivity (Wildman–Crippen MR) is 85.2 cm³/mol. The van der Waals surface area contributed by atoms with E-state index in [0.29, 0.717) is 0 Å². The smallest absolute Gasteiger partial charge is 0.0159 e. The quantitative estimate of drug-likeness (QED) is 0.597. The van der Waals surface area contributed by atoms with Crippen molar-refractivity contribution in [2.75, 3.05) is 0 Å². The lowest BCUT2D eigenvalue weighted by molar-refractivity contribution is 0.360. The fourth-order valence-corrected chi connectivity index (χ4v) is 3.30. The Morgan fingerprint density at radius 2 is 2.00 bits per heavy atom. The molecule has 2 atom stereocenters. The van der Waals surface area contributed by atoms with Gasteiger partial charge in [0.1, 0.15) is 0 Å². The summed E-state index contributed by atoms with van der Waals surface area (Å²) in [6, 6.07) is 8.89. The Morgan fingerprint density at radius 1 is 1.21 bits per heavy atom. The van der Waals surface area contributed by atoms with Crippen LogP contribution in [0.4, 0.5) is 0 Å². The minimum Gasteiger partial charge on any atom is -0.0693 e. The Morgan fingerprint density at radius 3 is 2.74 bits per heavy atom. The van der Waals surface area contributed by atoms with Crippen molar-refractivity contribution in [1.82, 2.24) is 0 Å². The molecule has 104 valence electrons. The predicted octanol–water partition coefficient (Wildman–Crippen LogP) is 5.87. The SMILES string of the molecule is CCCCC(CC)CC1Cc2ccccc2C=C1C. The minimum absolute atomic E-state index is 0.775. The summed E-state index contributed by atoms with van der Waals surface area (Å²) in [4.78, 5) is 0. The molecule has 1 aromatic rings. The molecule has 0 heterocycles. The average Bonchev–Trinajstić information content (AvgIpc) is 2.43. The van der Waals surface area contributed by atoms with Crippen molar-refractivity contribution < 1.29 is 0 Å². The third kappa shape index (κ3) is 3.72. The number of hydrogen-bond acceptors (Lipinski definition) is 0. The molecule has 0 amide bonds. The van der Waals surface area contributed by atoms with Gasteiger partial charge in [-0.3, -0.25) is 0 Å². The normalized spacial score (nSPS) is 19.7. The second kappa shape index (κ2) is 6.93. The summed E-state index contributed by atoms with van der Waals surface area (Å²) in [5.74, 6) is 1.69. The number of allylic oxidation sites excluding steroid dienone is 1. The maximum atomic E-state index is 2.41. The number of fused-ring (bicyclic) bond motifs is 1. The first kappa shape index (κ1) is 14.4. The summed E-state index contributed by atoms with van der Waals surface area (Å²) in [5, 5.41) is 0. The monoisotopic (exact) mass is 256 g/mol. The van der Waals surface area contributed by atoms with E-state index in [1.807, 2.05) is 0 Å². The lowest BCUT2D eigenvalue weighted by Gasteiger charge is -2.27. The summed E-state index contributed by atoms with van der Waals surface area (Å²) in [5.41, 5.74) is 4.58. The molecule has 2 unspecified atom stereocenters. The Hall–Kier alpha value is -1.04. The molecule has 0 fully saturated rings. The molecule has 0 saturated carbocycles. The van der Waals surface area contributed by atoms with Gasteiger partial charge in [-0.15, -0.1) is 0 Å². The van der Waals surface area contributed by atoms with Gasteiger partial charge in [-0.2, -0.15) is 0 Å². The second-order valence-corrected chi connectivity index (χ2v) is 6.14. The van der Waals surface area contributed by atoms with E-state index in [1.165, 1.54) is 44.1 Å². The molecule has 1 aliphatic carbocycles. The lowest BCUT2D eigenvalue weighted by Crippen LogP contribution is -2.16. The van der Waals surface area contributed by atoms with E-state index in [-0.39, 0.29) is 0 Å². The molecule has 0 spiro atoms. The number of hydrogen-bond donors (Lipinski definition) is 0. The van der Waals surface area contributed by atoms with Crippen LogP contribution in [0, 0.1) is 11.8 Å². The van der Waals surface area contributed by atoms with Gasteiger partial charge in [0.05, 0.1) is 0 Å². The van der Waals surface area contributed by atoms with E-state index in [9.17, 15) is 0 Å². The molecule has 0 saturated heterocycles. The highest BCUT2D eigenvalue weighted by Gasteiger charge is 2.21. The summed E-state index contributed by atoms with van der Waals surface area (Å²) >= 11 is 0. The van der Waals surface area contributed by atoms with Gasteiger partial charge in [0.15, 0.2) is 0 Å².